The highest BCUT2D eigenvalue weighted by molar-refractivity contribution is 5.30. The average Bonchev–Trinajstić information content (AvgIpc) is 3.34. The molecule has 0 aromatic rings. The Hall–Kier alpha value is -1.24. The Kier molecular flexibility index (Phi) is 6.84. The van der Waals surface area contributed by atoms with Crippen LogP contribution in [0.5, 0.6) is 0 Å². The molecule has 1 fully saturated rings. The molecule has 0 amide bonds. The van der Waals surface area contributed by atoms with Crippen molar-refractivity contribution in [3.05, 3.63) is 48.2 Å². The molecule has 1 nitrogen and oxygen atoms in total. The van der Waals surface area contributed by atoms with Crippen LogP contribution in [0.25, 0.3) is 0 Å². The molecule has 3 aliphatic rings. The second kappa shape index (κ2) is 9.11. The van der Waals surface area contributed by atoms with Crippen LogP contribution in [0, 0.1) is 17.8 Å². The standard InChI is InChI=1S/C25H39N/c1-4-5-6-7-8-9-14-21(2)25(3,23-16-11-12-17-23)26-20-19-22-15-10-13-18-24(22)26/h10-13,16-18,21-23H,4-9,14-15,19-20H2,1-3H3. The summed E-state index contributed by atoms with van der Waals surface area (Å²) >= 11 is 0. The molecule has 0 radical (unpaired) electrons. The van der Waals surface area contributed by atoms with Crippen LogP contribution in [-0.4, -0.2) is 17.0 Å². The molecule has 0 spiro atoms. The molecule has 0 bridgehead atoms. The first-order valence-electron chi connectivity index (χ1n) is 11.2. The third kappa shape index (κ3) is 4.02. The van der Waals surface area contributed by atoms with Crippen LogP contribution in [0.15, 0.2) is 48.2 Å². The van der Waals surface area contributed by atoms with Gasteiger partial charge >= 0.3 is 0 Å². The summed E-state index contributed by atoms with van der Waals surface area (Å²) in [4.78, 5) is 2.80. The molecule has 0 N–H and O–H groups in total. The first-order chi connectivity index (χ1) is 12.7. The van der Waals surface area contributed by atoms with E-state index in [0.717, 1.165) is 5.92 Å². The Morgan fingerprint density at radius 3 is 2.58 bits per heavy atom. The summed E-state index contributed by atoms with van der Waals surface area (Å²) < 4.78 is 0. The normalized spacial score (nSPS) is 25.4. The van der Waals surface area contributed by atoms with Gasteiger partial charge in [0.15, 0.2) is 0 Å². The fourth-order valence-corrected chi connectivity index (χ4v) is 5.29. The van der Waals surface area contributed by atoms with Crippen molar-refractivity contribution in [2.75, 3.05) is 6.54 Å². The molecule has 0 aromatic heterocycles. The summed E-state index contributed by atoms with van der Waals surface area (Å²) in [6.07, 6.45) is 28.7. The number of unbranched alkanes of at least 4 members (excludes halogenated alkanes) is 5. The van der Waals surface area contributed by atoms with Gasteiger partial charge in [-0.1, -0.05) is 88.8 Å². The first kappa shape index (κ1) is 19.5. The summed E-state index contributed by atoms with van der Waals surface area (Å²) in [5, 5.41) is 0. The SMILES string of the molecule is CCCCCCCCC(C)C(C)(C1C=CC=C1)N1CCC2CC=CC=C21. The molecule has 0 saturated carbocycles. The molecule has 1 saturated heterocycles. The van der Waals surface area contributed by atoms with Gasteiger partial charge in [-0.2, -0.15) is 0 Å². The Morgan fingerprint density at radius 1 is 1.08 bits per heavy atom. The lowest BCUT2D eigenvalue weighted by Crippen LogP contribution is -2.53. The van der Waals surface area contributed by atoms with E-state index in [9.17, 15) is 0 Å². The van der Waals surface area contributed by atoms with E-state index in [0.29, 0.717) is 11.8 Å². The van der Waals surface area contributed by atoms with Crippen LogP contribution in [0.3, 0.4) is 0 Å². The topological polar surface area (TPSA) is 3.24 Å². The average molecular weight is 354 g/mol. The van der Waals surface area contributed by atoms with Gasteiger partial charge in [0, 0.05) is 29.6 Å². The maximum atomic E-state index is 2.80. The second-order valence-electron chi connectivity index (χ2n) is 8.87. The van der Waals surface area contributed by atoms with Crippen molar-refractivity contribution in [1.82, 2.24) is 4.90 Å². The highest BCUT2D eigenvalue weighted by atomic mass is 15.2. The minimum absolute atomic E-state index is 0.207. The molecule has 3 atom stereocenters. The number of fused-ring (bicyclic) bond motifs is 1. The summed E-state index contributed by atoms with van der Waals surface area (Å²) in [7, 11) is 0. The van der Waals surface area contributed by atoms with E-state index < -0.39 is 0 Å². The molecule has 2 aliphatic carbocycles. The van der Waals surface area contributed by atoms with Crippen LogP contribution < -0.4 is 0 Å². The molecular formula is C25H39N. The maximum Gasteiger partial charge on any atom is 0.0493 e. The van der Waals surface area contributed by atoms with Crippen LogP contribution in [0.1, 0.15) is 78.6 Å². The number of hydrogen-bond acceptors (Lipinski definition) is 1. The fourth-order valence-electron chi connectivity index (χ4n) is 5.29. The van der Waals surface area contributed by atoms with Crippen molar-refractivity contribution >= 4 is 0 Å². The number of likely N-dealkylation sites (tertiary alicyclic amines) is 1. The van der Waals surface area contributed by atoms with Crippen molar-refractivity contribution in [3.63, 3.8) is 0 Å². The van der Waals surface area contributed by atoms with E-state index in [1.165, 1.54) is 64.3 Å². The zero-order valence-corrected chi connectivity index (χ0v) is 17.3. The van der Waals surface area contributed by atoms with Gasteiger partial charge in [0.05, 0.1) is 0 Å². The van der Waals surface area contributed by atoms with Gasteiger partial charge in [0.1, 0.15) is 0 Å². The zero-order valence-electron chi connectivity index (χ0n) is 17.3. The molecule has 3 rings (SSSR count). The summed E-state index contributed by atoms with van der Waals surface area (Å²) in [5.74, 6) is 2.01. The lowest BCUT2D eigenvalue weighted by Gasteiger charge is -2.49. The van der Waals surface area contributed by atoms with E-state index in [-0.39, 0.29) is 5.54 Å². The Bertz CT molecular complexity index is 555. The summed E-state index contributed by atoms with van der Waals surface area (Å²) in [6, 6.07) is 0. The van der Waals surface area contributed by atoms with E-state index in [2.05, 4.69) is 68.2 Å². The largest absolute Gasteiger partial charge is 0.368 e. The lowest BCUT2D eigenvalue weighted by atomic mass is 9.72. The summed E-state index contributed by atoms with van der Waals surface area (Å²) in [6.45, 7) is 8.59. The highest BCUT2D eigenvalue weighted by Crippen LogP contribution is 2.46. The van der Waals surface area contributed by atoms with Crippen LogP contribution in [0.2, 0.25) is 0 Å². The molecule has 3 unspecified atom stereocenters. The zero-order chi connectivity index (χ0) is 18.4. The van der Waals surface area contributed by atoms with Gasteiger partial charge in [-0.25, -0.2) is 0 Å². The third-order valence-electron chi connectivity index (χ3n) is 7.25. The molecule has 26 heavy (non-hydrogen) atoms. The van der Waals surface area contributed by atoms with Gasteiger partial charge in [-0.05, 0) is 38.2 Å². The van der Waals surface area contributed by atoms with Crippen LogP contribution in [0.4, 0.5) is 0 Å². The predicted molar refractivity (Wildman–Crippen MR) is 114 cm³/mol. The van der Waals surface area contributed by atoms with Crippen molar-refractivity contribution in [1.29, 1.82) is 0 Å². The minimum atomic E-state index is 0.207. The Morgan fingerprint density at radius 2 is 1.81 bits per heavy atom. The predicted octanol–water partition coefficient (Wildman–Crippen LogP) is 7.04. The molecule has 1 aliphatic heterocycles. The smallest absolute Gasteiger partial charge is 0.0493 e. The molecule has 1 heteroatoms. The quantitative estimate of drug-likeness (QED) is 0.381. The van der Waals surface area contributed by atoms with Crippen LogP contribution in [-0.2, 0) is 0 Å². The fraction of sp³-hybridized carbons (Fsp3) is 0.680. The van der Waals surface area contributed by atoms with Crippen molar-refractivity contribution < 1.29 is 0 Å². The first-order valence-corrected chi connectivity index (χ1v) is 11.2. The maximum absolute atomic E-state index is 2.80. The van der Waals surface area contributed by atoms with Gasteiger partial charge < -0.3 is 4.90 Å². The summed E-state index contributed by atoms with van der Waals surface area (Å²) in [5.41, 5.74) is 1.82. The number of rotatable bonds is 10. The van der Waals surface area contributed by atoms with E-state index in [1.807, 2.05) is 0 Å². The van der Waals surface area contributed by atoms with Gasteiger partial charge in [0.2, 0.25) is 0 Å². The lowest BCUT2D eigenvalue weighted by molar-refractivity contribution is 0.0693. The Labute approximate surface area is 161 Å². The monoisotopic (exact) mass is 353 g/mol. The number of hydrogen-bond donors (Lipinski definition) is 0. The second-order valence-corrected chi connectivity index (χ2v) is 8.87. The number of allylic oxidation sites excluding steroid dienone is 6. The Balaban J connectivity index is 1.68. The van der Waals surface area contributed by atoms with E-state index in [4.69, 9.17) is 0 Å². The highest BCUT2D eigenvalue weighted by Gasteiger charge is 2.46. The van der Waals surface area contributed by atoms with Crippen LogP contribution >= 0.6 is 0 Å². The van der Waals surface area contributed by atoms with E-state index in [1.54, 1.807) is 5.70 Å². The molecule has 1 heterocycles. The number of nitrogens with zero attached hydrogens (tertiary/aromatic N) is 1. The molecule has 0 aromatic carbocycles. The molecular weight excluding hydrogens is 314 g/mol. The third-order valence-corrected chi connectivity index (χ3v) is 7.25. The molecule has 144 valence electrons. The van der Waals surface area contributed by atoms with Crippen molar-refractivity contribution in [2.45, 2.75) is 84.1 Å². The van der Waals surface area contributed by atoms with Crippen molar-refractivity contribution in [2.24, 2.45) is 17.8 Å². The van der Waals surface area contributed by atoms with Gasteiger partial charge in [-0.15, -0.1) is 0 Å². The van der Waals surface area contributed by atoms with E-state index >= 15 is 0 Å². The van der Waals surface area contributed by atoms with Gasteiger partial charge in [0.25, 0.3) is 0 Å². The minimum Gasteiger partial charge on any atom is -0.368 e. The van der Waals surface area contributed by atoms with Crippen molar-refractivity contribution in [3.8, 4) is 0 Å². The van der Waals surface area contributed by atoms with Gasteiger partial charge in [-0.3, -0.25) is 0 Å².